The summed E-state index contributed by atoms with van der Waals surface area (Å²) in [6.45, 7) is 3.70. The highest BCUT2D eigenvalue weighted by Gasteiger charge is 2.19. The SMILES string of the molecule is N#Cc1cccnc1N1CCCN(c2nccs2)CC1. The van der Waals surface area contributed by atoms with E-state index in [-0.39, 0.29) is 0 Å². The van der Waals surface area contributed by atoms with Crippen molar-refractivity contribution in [1.29, 1.82) is 5.26 Å². The molecule has 0 unspecified atom stereocenters. The van der Waals surface area contributed by atoms with Crippen LogP contribution in [0.5, 0.6) is 0 Å². The van der Waals surface area contributed by atoms with Gasteiger partial charge in [-0.2, -0.15) is 5.26 Å². The molecule has 0 N–H and O–H groups in total. The van der Waals surface area contributed by atoms with Crippen molar-refractivity contribution in [1.82, 2.24) is 9.97 Å². The van der Waals surface area contributed by atoms with E-state index in [0.29, 0.717) is 5.56 Å². The number of nitriles is 1. The predicted molar refractivity (Wildman–Crippen MR) is 80.1 cm³/mol. The third-order valence-corrected chi connectivity index (χ3v) is 4.22. The Morgan fingerprint density at radius 2 is 1.95 bits per heavy atom. The molecule has 0 aliphatic carbocycles. The second-order valence-corrected chi connectivity index (χ2v) is 5.50. The first-order chi connectivity index (χ1) is 9.88. The number of rotatable bonds is 2. The summed E-state index contributed by atoms with van der Waals surface area (Å²) in [6.07, 6.45) is 4.63. The van der Waals surface area contributed by atoms with Crippen LogP contribution in [0.25, 0.3) is 0 Å². The number of hydrogen-bond acceptors (Lipinski definition) is 6. The van der Waals surface area contributed by atoms with Crippen molar-refractivity contribution < 1.29 is 0 Å². The molecular formula is C14H15N5S. The lowest BCUT2D eigenvalue weighted by molar-refractivity contribution is 0.796. The molecule has 1 aliphatic rings. The van der Waals surface area contributed by atoms with Gasteiger partial charge >= 0.3 is 0 Å². The summed E-state index contributed by atoms with van der Waals surface area (Å²) in [5, 5.41) is 12.3. The van der Waals surface area contributed by atoms with Crippen molar-refractivity contribution >= 4 is 22.3 Å². The van der Waals surface area contributed by atoms with E-state index in [2.05, 4.69) is 25.8 Å². The van der Waals surface area contributed by atoms with Gasteiger partial charge in [0.25, 0.3) is 0 Å². The Balaban J connectivity index is 1.76. The van der Waals surface area contributed by atoms with Crippen LogP contribution in [0, 0.1) is 11.3 Å². The second kappa shape index (κ2) is 5.88. The summed E-state index contributed by atoms with van der Waals surface area (Å²) >= 11 is 1.67. The molecule has 0 aromatic carbocycles. The lowest BCUT2D eigenvalue weighted by Gasteiger charge is -2.23. The van der Waals surface area contributed by atoms with Gasteiger partial charge in [-0.05, 0) is 18.6 Å². The summed E-state index contributed by atoms with van der Waals surface area (Å²) in [5.74, 6) is 0.802. The minimum atomic E-state index is 0.648. The van der Waals surface area contributed by atoms with Crippen LogP contribution in [0.4, 0.5) is 10.9 Å². The molecule has 2 aromatic rings. The van der Waals surface area contributed by atoms with E-state index < -0.39 is 0 Å². The molecule has 0 spiro atoms. The second-order valence-electron chi connectivity index (χ2n) is 4.63. The third-order valence-electron chi connectivity index (χ3n) is 3.39. The summed E-state index contributed by atoms with van der Waals surface area (Å²) in [7, 11) is 0. The number of nitrogens with zero attached hydrogens (tertiary/aromatic N) is 5. The van der Waals surface area contributed by atoms with Gasteiger partial charge in [-0.15, -0.1) is 11.3 Å². The molecule has 0 radical (unpaired) electrons. The Morgan fingerprint density at radius 3 is 2.75 bits per heavy atom. The van der Waals surface area contributed by atoms with E-state index in [9.17, 15) is 5.26 Å². The Hall–Kier alpha value is -2.13. The summed E-state index contributed by atoms with van der Waals surface area (Å²) in [4.78, 5) is 13.3. The van der Waals surface area contributed by atoms with Crippen molar-refractivity contribution in [2.45, 2.75) is 6.42 Å². The van der Waals surface area contributed by atoms with Crippen molar-refractivity contribution in [3.05, 3.63) is 35.5 Å². The van der Waals surface area contributed by atoms with E-state index in [4.69, 9.17) is 0 Å². The molecule has 1 fully saturated rings. The summed E-state index contributed by atoms with van der Waals surface area (Å²) < 4.78 is 0. The molecule has 0 bridgehead atoms. The fourth-order valence-electron chi connectivity index (χ4n) is 2.43. The summed E-state index contributed by atoms with van der Waals surface area (Å²) in [6, 6.07) is 5.86. The smallest absolute Gasteiger partial charge is 0.185 e. The third kappa shape index (κ3) is 2.58. The lowest BCUT2D eigenvalue weighted by atomic mass is 10.2. The fourth-order valence-corrected chi connectivity index (χ4v) is 3.13. The van der Waals surface area contributed by atoms with Crippen LogP contribution < -0.4 is 9.80 Å². The minimum Gasteiger partial charge on any atom is -0.354 e. The average Bonchev–Trinajstić information content (AvgIpc) is 2.92. The number of hydrogen-bond donors (Lipinski definition) is 0. The molecule has 1 aliphatic heterocycles. The zero-order valence-corrected chi connectivity index (χ0v) is 11.9. The number of anilines is 2. The van der Waals surface area contributed by atoms with Crippen molar-refractivity contribution in [2.24, 2.45) is 0 Å². The Morgan fingerprint density at radius 1 is 1.10 bits per heavy atom. The normalized spacial score (nSPS) is 15.8. The number of pyridine rings is 1. The molecule has 20 heavy (non-hydrogen) atoms. The van der Waals surface area contributed by atoms with Gasteiger partial charge in [0.2, 0.25) is 0 Å². The molecule has 2 aromatic heterocycles. The highest BCUT2D eigenvalue weighted by Crippen LogP contribution is 2.22. The molecule has 5 nitrogen and oxygen atoms in total. The quantitative estimate of drug-likeness (QED) is 0.846. The topological polar surface area (TPSA) is 56.1 Å². The van der Waals surface area contributed by atoms with E-state index in [1.54, 1.807) is 17.5 Å². The van der Waals surface area contributed by atoms with Gasteiger partial charge in [0.05, 0.1) is 5.56 Å². The summed E-state index contributed by atoms with van der Waals surface area (Å²) in [5.41, 5.74) is 0.648. The zero-order chi connectivity index (χ0) is 13.8. The van der Waals surface area contributed by atoms with Gasteiger partial charge in [-0.3, -0.25) is 0 Å². The maximum Gasteiger partial charge on any atom is 0.185 e. The largest absolute Gasteiger partial charge is 0.354 e. The van der Waals surface area contributed by atoms with Crippen LogP contribution >= 0.6 is 11.3 Å². The van der Waals surface area contributed by atoms with Gasteiger partial charge in [0, 0.05) is 44.0 Å². The van der Waals surface area contributed by atoms with Gasteiger partial charge in [0.15, 0.2) is 5.13 Å². The molecule has 0 saturated carbocycles. The van der Waals surface area contributed by atoms with Crippen LogP contribution in [0.1, 0.15) is 12.0 Å². The number of aromatic nitrogens is 2. The van der Waals surface area contributed by atoms with Gasteiger partial charge in [0.1, 0.15) is 11.9 Å². The van der Waals surface area contributed by atoms with E-state index in [0.717, 1.165) is 43.5 Å². The van der Waals surface area contributed by atoms with Crippen molar-refractivity contribution in [3.63, 3.8) is 0 Å². The fraction of sp³-hybridized carbons (Fsp3) is 0.357. The van der Waals surface area contributed by atoms with Gasteiger partial charge in [-0.25, -0.2) is 9.97 Å². The van der Waals surface area contributed by atoms with E-state index in [1.807, 2.05) is 23.7 Å². The average molecular weight is 285 g/mol. The van der Waals surface area contributed by atoms with Crippen LogP contribution in [0.2, 0.25) is 0 Å². The molecule has 3 rings (SSSR count). The minimum absolute atomic E-state index is 0.648. The van der Waals surface area contributed by atoms with Crippen molar-refractivity contribution in [3.8, 4) is 6.07 Å². The highest BCUT2D eigenvalue weighted by molar-refractivity contribution is 7.13. The Bertz CT molecular complexity index is 604. The van der Waals surface area contributed by atoms with E-state index in [1.165, 1.54) is 0 Å². The molecule has 102 valence electrons. The Kier molecular flexibility index (Phi) is 3.79. The maximum absolute atomic E-state index is 9.19. The van der Waals surface area contributed by atoms with Crippen LogP contribution in [-0.4, -0.2) is 36.1 Å². The number of thiazole rings is 1. The van der Waals surface area contributed by atoms with Crippen molar-refractivity contribution in [2.75, 3.05) is 36.0 Å². The molecule has 6 heteroatoms. The lowest BCUT2D eigenvalue weighted by Crippen LogP contribution is -2.31. The van der Waals surface area contributed by atoms with Gasteiger partial charge in [-0.1, -0.05) is 0 Å². The molecule has 1 saturated heterocycles. The first-order valence-corrected chi connectivity index (χ1v) is 7.51. The zero-order valence-electron chi connectivity index (χ0n) is 11.1. The molecule has 0 amide bonds. The monoisotopic (exact) mass is 285 g/mol. The molecule has 3 heterocycles. The maximum atomic E-state index is 9.19. The van der Waals surface area contributed by atoms with Gasteiger partial charge < -0.3 is 9.80 Å². The van der Waals surface area contributed by atoms with Crippen LogP contribution in [-0.2, 0) is 0 Å². The van der Waals surface area contributed by atoms with Crippen LogP contribution in [0.15, 0.2) is 29.9 Å². The van der Waals surface area contributed by atoms with E-state index >= 15 is 0 Å². The first kappa shape index (κ1) is 12.9. The van der Waals surface area contributed by atoms with Crippen LogP contribution in [0.3, 0.4) is 0 Å². The first-order valence-electron chi connectivity index (χ1n) is 6.63. The molecule has 0 atom stereocenters. The molecular weight excluding hydrogens is 270 g/mol. The standard InChI is InChI=1S/C14H15N5S/c15-11-12-3-1-4-16-13(12)18-6-2-7-19(9-8-18)14-17-5-10-20-14/h1,3-5,10H,2,6-9H2. The predicted octanol–water partition coefficient (Wildman–Crippen LogP) is 2.13. The highest BCUT2D eigenvalue weighted by atomic mass is 32.1. The Labute approximate surface area is 122 Å².